The molecule has 1 saturated heterocycles. The lowest BCUT2D eigenvalue weighted by atomic mass is 9.98. The van der Waals surface area contributed by atoms with Crippen molar-refractivity contribution >= 4 is 5.97 Å². The predicted octanol–water partition coefficient (Wildman–Crippen LogP) is 0.396. The van der Waals surface area contributed by atoms with Gasteiger partial charge in [-0.3, -0.25) is 9.69 Å². The van der Waals surface area contributed by atoms with E-state index in [1.165, 1.54) is 12.8 Å². The van der Waals surface area contributed by atoms with Gasteiger partial charge in [0.15, 0.2) is 0 Å². The van der Waals surface area contributed by atoms with Crippen molar-refractivity contribution in [2.45, 2.75) is 19.8 Å². The highest BCUT2D eigenvalue weighted by molar-refractivity contribution is 5.68. The average molecular weight is 224 g/mol. The van der Waals surface area contributed by atoms with Gasteiger partial charge in [-0.2, -0.15) is 0 Å². The van der Waals surface area contributed by atoms with E-state index >= 15 is 0 Å². The molecule has 4 heteroatoms. The van der Waals surface area contributed by atoms with Gasteiger partial charge in [0.2, 0.25) is 0 Å². The number of hydrogen-bond acceptors (Lipinski definition) is 3. The maximum atomic E-state index is 10.4. The third-order valence-corrected chi connectivity index (χ3v) is 2.79. The van der Waals surface area contributed by atoms with Gasteiger partial charge in [-0.05, 0) is 38.8 Å². The summed E-state index contributed by atoms with van der Waals surface area (Å²) in [5.74, 6) is 5.75. The number of carboxylic acids is 1. The molecule has 90 valence electrons. The SMILES string of the molecule is CC#CCN1CCCC(CNCC(=O)O)C1. The van der Waals surface area contributed by atoms with Crippen LogP contribution in [0.4, 0.5) is 0 Å². The molecule has 0 spiro atoms. The number of likely N-dealkylation sites (tertiary alicyclic amines) is 1. The second-order valence-electron chi connectivity index (χ2n) is 4.19. The number of carbonyl (C=O) groups is 1. The molecule has 0 radical (unpaired) electrons. The molecule has 1 heterocycles. The maximum absolute atomic E-state index is 10.4. The zero-order chi connectivity index (χ0) is 11.8. The number of aliphatic carboxylic acids is 1. The molecule has 0 aromatic heterocycles. The standard InChI is InChI=1S/C12H20N2O2/c1-2-3-6-14-7-4-5-11(10-14)8-13-9-12(15)16/h11,13H,4-10H2,1H3,(H,15,16). The summed E-state index contributed by atoms with van der Waals surface area (Å²) in [6.45, 7) is 5.70. The summed E-state index contributed by atoms with van der Waals surface area (Å²) >= 11 is 0. The highest BCUT2D eigenvalue weighted by Gasteiger charge is 2.18. The molecule has 0 bridgehead atoms. The van der Waals surface area contributed by atoms with E-state index < -0.39 is 5.97 Å². The summed E-state index contributed by atoms with van der Waals surface area (Å²) in [5.41, 5.74) is 0. The Balaban J connectivity index is 2.21. The summed E-state index contributed by atoms with van der Waals surface area (Å²) in [7, 11) is 0. The Hall–Kier alpha value is -1.05. The normalized spacial score (nSPS) is 21.2. The van der Waals surface area contributed by atoms with Crippen molar-refractivity contribution in [1.82, 2.24) is 10.2 Å². The first-order valence-electron chi connectivity index (χ1n) is 5.77. The molecule has 4 nitrogen and oxygen atoms in total. The summed E-state index contributed by atoms with van der Waals surface area (Å²) in [6, 6.07) is 0. The number of carboxylic acid groups (broad SMARTS) is 1. The lowest BCUT2D eigenvalue weighted by molar-refractivity contribution is -0.136. The average Bonchev–Trinajstić information content (AvgIpc) is 2.26. The van der Waals surface area contributed by atoms with Gasteiger partial charge in [-0.1, -0.05) is 5.92 Å². The summed E-state index contributed by atoms with van der Waals surface area (Å²) < 4.78 is 0. The van der Waals surface area contributed by atoms with Gasteiger partial charge in [0.05, 0.1) is 13.1 Å². The third-order valence-electron chi connectivity index (χ3n) is 2.79. The van der Waals surface area contributed by atoms with Crippen molar-refractivity contribution in [1.29, 1.82) is 0 Å². The fourth-order valence-electron chi connectivity index (χ4n) is 2.04. The van der Waals surface area contributed by atoms with Crippen LogP contribution in [0.3, 0.4) is 0 Å². The van der Waals surface area contributed by atoms with Crippen LogP contribution in [0.5, 0.6) is 0 Å². The van der Waals surface area contributed by atoms with Crippen LogP contribution in [-0.4, -0.2) is 48.7 Å². The van der Waals surface area contributed by atoms with E-state index in [4.69, 9.17) is 5.11 Å². The van der Waals surface area contributed by atoms with Gasteiger partial charge < -0.3 is 10.4 Å². The first-order chi connectivity index (χ1) is 7.72. The first kappa shape index (κ1) is 13.0. The zero-order valence-electron chi connectivity index (χ0n) is 9.83. The van der Waals surface area contributed by atoms with Crippen molar-refractivity contribution in [3.05, 3.63) is 0 Å². The Morgan fingerprint density at radius 1 is 1.62 bits per heavy atom. The highest BCUT2D eigenvalue weighted by atomic mass is 16.4. The second kappa shape index (κ2) is 7.26. The van der Waals surface area contributed by atoms with Gasteiger partial charge in [0.1, 0.15) is 0 Å². The fourth-order valence-corrected chi connectivity index (χ4v) is 2.04. The van der Waals surface area contributed by atoms with Crippen LogP contribution in [-0.2, 0) is 4.79 Å². The quantitative estimate of drug-likeness (QED) is 0.664. The number of nitrogens with one attached hydrogen (secondary N) is 1. The maximum Gasteiger partial charge on any atom is 0.317 e. The molecular formula is C12H20N2O2. The molecular weight excluding hydrogens is 204 g/mol. The van der Waals surface area contributed by atoms with Crippen molar-refractivity contribution in [2.75, 3.05) is 32.7 Å². The van der Waals surface area contributed by atoms with Crippen LogP contribution in [0, 0.1) is 17.8 Å². The summed E-state index contributed by atoms with van der Waals surface area (Å²) in [4.78, 5) is 12.7. The molecule has 0 aliphatic carbocycles. The molecule has 1 atom stereocenters. The van der Waals surface area contributed by atoms with E-state index in [1.807, 2.05) is 6.92 Å². The number of hydrogen-bond donors (Lipinski definition) is 2. The second-order valence-corrected chi connectivity index (χ2v) is 4.19. The Labute approximate surface area is 97.0 Å². The molecule has 1 unspecified atom stereocenters. The van der Waals surface area contributed by atoms with Crippen molar-refractivity contribution < 1.29 is 9.90 Å². The van der Waals surface area contributed by atoms with E-state index in [0.29, 0.717) is 5.92 Å². The minimum Gasteiger partial charge on any atom is -0.480 e. The lowest BCUT2D eigenvalue weighted by Gasteiger charge is -2.31. The van der Waals surface area contributed by atoms with Gasteiger partial charge in [-0.25, -0.2) is 0 Å². The predicted molar refractivity (Wildman–Crippen MR) is 63.1 cm³/mol. The molecule has 0 aromatic carbocycles. The zero-order valence-corrected chi connectivity index (χ0v) is 9.83. The molecule has 2 N–H and O–H groups in total. The molecule has 1 rings (SSSR count). The Morgan fingerprint density at radius 3 is 3.12 bits per heavy atom. The number of piperidine rings is 1. The molecule has 0 amide bonds. The van der Waals surface area contributed by atoms with Crippen molar-refractivity contribution in [2.24, 2.45) is 5.92 Å². The molecule has 16 heavy (non-hydrogen) atoms. The Morgan fingerprint density at radius 2 is 2.44 bits per heavy atom. The van der Waals surface area contributed by atoms with E-state index in [9.17, 15) is 4.79 Å². The minimum atomic E-state index is -0.787. The monoisotopic (exact) mass is 224 g/mol. The Kier molecular flexibility index (Phi) is 5.91. The van der Waals surface area contributed by atoms with Gasteiger partial charge in [0.25, 0.3) is 0 Å². The summed E-state index contributed by atoms with van der Waals surface area (Å²) in [5, 5.41) is 11.5. The smallest absolute Gasteiger partial charge is 0.317 e. The summed E-state index contributed by atoms with van der Waals surface area (Å²) in [6.07, 6.45) is 2.37. The number of rotatable bonds is 5. The molecule has 0 aromatic rings. The van der Waals surface area contributed by atoms with Crippen LogP contribution in [0.1, 0.15) is 19.8 Å². The number of nitrogens with zero attached hydrogens (tertiary/aromatic N) is 1. The van der Waals surface area contributed by atoms with Crippen LogP contribution in [0.2, 0.25) is 0 Å². The molecule has 0 saturated carbocycles. The molecule has 1 aliphatic heterocycles. The van der Waals surface area contributed by atoms with Crippen LogP contribution < -0.4 is 5.32 Å². The van der Waals surface area contributed by atoms with E-state index in [1.54, 1.807) is 0 Å². The van der Waals surface area contributed by atoms with E-state index in [-0.39, 0.29) is 6.54 Å². The topological polar surface area (TPSA) is 52.6 Å². The van der Waals surface area contributed by atoms with E-state index in [0.717, 1.165) is 26.2 Å². The molecule has 1 aliphatic rings. The Bertz CT molecular complexity index is 280. The van der Waals surface area contributed by atoms with Crippen molar-refractivity contribution in [3.8, 4) is 11.8 Å². The van der Waals surface area contributed by atoms with Gasteiger partial charge in [-0.15, -0.1) is 5.92 Å². The van der Waals surface area contributed by atoms with Gasteiger partial charge >= 0.3 is 5.97 Å². The lowest BCUT2D eigenvalue weighted by Crippen LogP contribution is -2.40. The fraction of sp³-hybridized carbons (Fsp3) is 0.750. The van der Waals surface area contributed by atoms with E-state index in [2.05, 4.69) is 22.1 Å². The molecule has 1 fully saturated rings. The van der Waals surface area contributed by atoms with Crippen LogP contribution in [0.25, 0.3) is 0 Å². The third kappa shape index (κ3) is 5.15. The van der Waals surface area contributed by atoms with Crippen molar-refractivity contribution in [3.63, 3.8) is 0 Å². The minimum absolute atomic E-state index is 0.0608. The van der Waals surface area contributed by atoms with Gasteiger partial charge in [0, 0.05) is 6.54 Å². The highest BCUT2D eigenvalue weighted by Crippen LogP contribution is 2.14. The van der Waals surface area contributed by atoms with Crippen LogP contribution >= 0.6 is 0 Å². The van der Waals surface area contributed by atoms with Crippen LogP contribution in [0.15, 0.2) is 0 Å². The largest absolute Gasteiger partial charge is 0.480 e. The first-order valence-corrected chi connectivity index (χ1v) is 5.77.